The molecule has 1 saturated heterocycles. The number of alkyl halides is 3. The molecule has 1 aromatic carbocycles. The van der Waals surface area contributed by atoms with Gasteiger partial charge in [0, 0.05) is 37.5 Å². The van der Waals surface area contributed by atoms with Crippen molar-refractivity contribution in [1.82, 2.24) is 10.2 Å². The highest BCUT2D eigenvalue weighted by Crippen LogP contribution is 2.30. The van der Waals surface area contributed by atoms with Crippen LogP contribution >= 0.6 is 0 Å². The van der Waals surface area contributed by atoms with Crippen molar-refractivity contribution < 1.29 is 22.8 Å². The summed E-state index contributed by atoms with van der Waals surface area (Å²) in [5.74, 6) is -1.00. The number of amides is 2. The third-order valence-corrected chi connectivity index (χ3v) is 6.15. The van der Waals surface area contributed by atoms with Crippen molar-refractivity contribution in [3.63, 3.8) is 0 Å². The fraction of sp³-hybridized carbons (Fsp3) is 0.667. The molecule has 0 saturated carbocycles. The molecule has 0 radical (unpaired) electrons. The minimum atomic E-state index is -4.35. The van der Waals surface area contributed by atoms with Crippen molar-refractivity contribution >= 4 is 11.8 Å². The molecule has 1 fully saturated rings. The highest BCUT2D eigenvalue weighted by atomic mass is 19.4. The number of hydrogen-bond acceptors (Lipinski definition) is 3. The van der Waals surface area contributed by atoms with Gasteiger partial charge in [-0.15, -0.1) is 0 Å². The van der Waals surface area contributed by atoms with Crippen molar-refractivity contribution in [2.24, 2.45) is 23.5 Å². The van der Waals surface area contributed by atoms with Crippen LogP contribution in [0.15, 0.2) is 24.3 Å². The van der Waals surface area contributed by atoms with Gasteiger partial charge in [0.25, 0.3) is 0 Å². The predicted octanol–water partition coefficient (Wildman–Crippen LogP) is 4.35. The number of nitrogens with one attached hydrogen (secondary N) is 1. The molecule has 32 heavy (non-hydrogen) atoms. The largest absolute Gasteiger partial charge is 0.416 e. The Kier molecular flexibility index (Phi) is 9.55. The number of halogens is 3. The summed E-state index contributed by atoms with van der Waals surface area (Å²) in [4.78, 5) is 27.1. The summed E-state index contributed by atoms with van der Waals surface area (Å²) < 4.78 is 38.7. The van der Waals surface area contributed by atoms with E-state index in [1.807, 2.05) is 25.7 Å². The van der Waals surface area contributed by atoms with Crippen LogP contribution in [0.25, 0.3) is 0 Å². The van der Waals surface area contributed by atoms with E-state index in [0.29, 0.717) is 50.9 Å². The maximum Gasteiger partial charge on any atom is 0.416 e. The Hall–Kier alpha value is -2.09. The lowest BCUT2D eigenvalue weighted by Crippen LogP contribution is -2.49. The summed E-state index contributed by atoms with van der Waals surface area (Å²) in [5, 5.41) is 3.32. The number of piperidine rings is 1. The Morgan fingerprint density at radius 1 is 1.19 bits per heavy atom. The number of carbonyl (C=O) groups is 2. The lowest BCUT2D eigenvalue weighted by Gasteiger charge is -2.36. The van der Waals surface area contributed by atoms with E-state index in [1.165, 1.54) is 12.1 Å². The van der Waals surface area contributed by atoms with Gasteiger partial charge in [-0.25, -0.2) is 0 Å². The summed E-state index contributed by atoms with van der Waals surface area (Å²) in [6.07, 6.45) is -0.901. The molecule has 1 heterocycles. The smallest absolute Gasteiger partial charge is 0.369 e. The molecule has 8 heteroatoms. The maximum absolute atomic E-state index is 13.3. The molecule has 2 unspecified atom stereocenters. The van der Waals surface area contributed by atoms with Crippen LogP contribution in [0.5, 0.6) is 0 Å². The van der Waals surface area contributed by atoms with Crippen molar-refractivity contribution in [2.75, 3.05) is 13.1 Å². The topological polar surface area (TPSA) is 75.4 Å². The van der Waals surface area contributed by atoms with Gasteiger partial charge in [-0.2, -0.15) is 13.2 Å². The van der Waals surface area contributed by atoms with Gasteiger partial charge in [0.1, 0.15) is 0 Å². The van der Waals surface area contributed by atoms with Crippen LogP contribution in [-0.2, 0) is 22.3 Å². The van der Waals surface area contributed by atoms with Crippen LogP contribution in [0.4, 0.5) is 13.2 Å². The van der Waals surface area contributed by atoms with Crippen LogP contribution in [0.3, 0.4) is 0 Å². The fourth-order valence-corrected chi connectivity index (χ4v) is 4.46. The average molecular weight is 456 g/mol. The van der Waals surface area contributed by atoms with Gasteiger partial charge in [-0.05, 0) is 43.2 Å². The van der Waals surface area contributed by atoms with Crippen LogP contribution in [-0.4, -0.2) is 35.8 Å². The summed E-state index contributed by atoms with van der Waals surface area (Å²) >= 11 is 0. The van der Waals surface area contributed by atoms with E-state index in [1.54, 1.807) is 6.07 Å². The Labute approximate surface area is 188 Å². The molecule has 2 amide bonds. The molecular weight excluding hydrogens is 419 g/mol. The molecule has 1 aliphatic rings. The van der Waals surface area contributed by atoms with Gasteiger partial charge in [-0.3, -0.25) is 9.59 Å². The SMILES string of the molecule is CCCC(C(N)=O)C(CC(C)C)C(=O)N1CCC(NCc2cccc(C(F)(F)F)c2)CC1. The van der Waals surface area contributed by atoms with Gasteiger partial charge in [0.05, 0.1) is 5.56 Å². The van der Waals surface area contributed by atoms with Crippen LogP contribution in [0.1, 0.15) is 64.0 Å². The number of rotatable bonds is 10. The van der Waals surface area contributed by atoms with E-state index in [9.17, 15) is 22.8 Å². The Morgan fingerprint density at radius 2 is 1.84 bits per heavy atom. The number of carbonyl (C=O) groups excluding carboxylic acids is 2. The fourth-order valence-electron chi connectivity index (χ4n) is 4.46. The molecule has 2 rings (SSSR count). The third kappa shape index (κ3) is 7.50. The van der Waals surface area contributed by atoms with Crippen molar-refractivity contribution in [2.45, 2.75) is 71.6 Å². The zero-order valence-corrected chi connectivity index (χ0v) is 19.3. The maximum atomic E-state index is 13.3. The average Bonchev–Trinajstić information content (AvgIpc) is 2.74. The Balaban J connectivity index is 1.94. The van der Waals surface area contributed by atoms with Crippen LogP contribution < -0.4 is 11.1 Å². The first-order chi connectivity index (χ1) is 15.0. The molecule has 1 aromatic rings. The summed E-state index contributed by atoms with van der Waals surface area (Å²) in [6.45, 7) is 7.52. The van der Waals surface area contributed by atoms with E-state index < -0.39 is 29.5 Å². The monoisotopic (exact) mass is 455 g/mol. The normalized spacial score (nSPS) is 17.4. The van der Waals surface area contributed by atoms with Gasteiger partial charge in [0.15, 0.2) is 0 Å². The number of nitrogens with zero attached hydrogens (tertiary/aromatic N) is 1. The number of hydrogen-bond donors (Lipinski definition) is 2. The van der Waals surface area contributed by atoms with Gasteiger partial charge in [0.2, 0.25) is 11.8 Å². The molecule has 0 bridgehead atoms. The first kappa shape index (κ1) is 26.2. The minimum absolute atomic E-state index is 0.00715. The highest BCUT2D eigenvalue weighted by Gasteiger charge is 2.36. The first-order valence-corrected chi connectivity index (χ1v) is 11.5. The lowest BCUT2D eigenvalue weighted by atomic mass is 9.81. The predicted molar refractivity (Wildman–Crippen MR) is 118 cm³/mol. The third-order valence-electron chi connectivity index (χ3n) is 6.15. The molecule has 2 atom stereocenters. The molecular formula is C24H36F3N3O2. The molecule has 0 aromatic heterocycles. The van der Waals surface area contributed by atoms with Crippen LogP contribution in [0.2, 0.25) is 0 Å². The summed E-state index contributed by atoms with van der Waals surface area (Å²) in [5.41, 5.74) is 5.56. The van der Waals surface area contributed by atoms with Crippen molar-refractivity contribution in [1.29, 1.82) is 0 Å². The number of likely N-dealkylation sites (tertiary alicyclic amines) is 1. The molecule has 3 N–H and O–H groups in total. The molecule has 0 aliphatic carbocycles. The van der Waals surface area contributed by atoms with Crippen molar-refractivity contribution in [3.05, 3.63) is 35.4 Å². The number of nitrogens with two attached hydrogens (primary N) is 1. The second-order valence-corrected chi connectivity index (χ2v) is 9.21. The highest BCUT2D eigenvalue weighted by molar-refractivity contribution is 5.87. The summed E-state index contributed by atoms with van der Waals surface area (Å²) in [7, 11) is 0. The van der Waals surface area contributed by atoms with E-state index in [4.69, 9.17) is 5.73 Å². The van der Waals surface area contributed by atoms with Gasteiger partial charge >= 0.3 is 6.18 Å². The van der Waals surface area contributed by atoms with E-state index in [-0.39, 0.29) is 17.9 Å². The zero-order chi connectivity index (χ0) is 23.9. The van der Waals surface area contributed by atoms with Gasteiger partial charge < -0.3 is 16.0 Å². The number of primary amides is 1. The van der Waals surface area contributed by atoms with Gasteiger partial charge in [-0.1, -0.05) is 45.4 Å². The van der Waals surface area contributed by atoms with Crippen molar-refractivity contribution in [3.8, 4) is 0 Å². The summed E-state index contributed by atoms with van der Waals surface area (Å²) in [6, 6.07) is 5.45. The molecule has 180 valence electrons. The lowest BCUT2D eigenvalue weighted by molar-refractivity contribution is -0.143. The molecule has 1 aliphatic heterocycles. The van der Waals surface area contributed by atoms with E-state index in [2.05, 4.69) is 5.32 Å². The Bertz CT molecular complexity index is 759. The standard InChI is InChI=1S/C24H36F3N3O2/c1-4-6-20(22(28)31)21(13-16(2)3)23(32)30-11-9-19(10-12-30)29-15-17-7-5-8-18(14-17)24(25,26)27/h5,7-8,14,16,19-21,29H,4,6,9-13,15H2,1-3H3,(H2,28,31). The second kappa shape index (κ2) is 11.7. The first-order valence-electron chi connectivity index (χ1n) is 11.5. The second-order valence-electron chi connectivity index (χ2n) is 9.21. The van der Waals surface area contributed by atoms with E-state index >= 15 is 0 Å². The Morgan fingerprint density at radius 3 is 2.38 bits per heavy atom. The zero-order valence-electron chi connectivity index (χ0n) is 19.3. The quantitative estimate of drug-likeness (QED) is 0.551. The van der Waals surface area contributed by atoms with E-state index in [0.717, 1.165) is 12.5 Å². The minimum Gasteiger partial charge on any atom is -0.369 e. The number of benzene rings is 1. The molecule has 0 spiro atoms. The molecule has 5 nitrogen and oxygen atoms in total. The van der Waals surface area contributed by atoms with Crippen LogP contribution in [0, 0.1) is 17.8 Å².